The Balaban J connectivity index is 1.60. The third-order valence-electron chi connectivity index (χ3n) is 3.78. The second-order valence-corrected chi connectivity index (χ2v) is 7.10. The maximum atomic E-state index is 12.3. The number of hydrogen-bond donors (Lipinski definition) is 1. The van der Waals surface area contributed by atoms with E-state index in [-0.39, 0.29) is 6.79 Å². The molecule has 1 aliphatic heterocycles. The van der Waals surface area contributed by atoms with Crippen molar-refractivity contribution in [3.05, 3.63) is 53.6 Å². The number of fused-ring (bicyclic) bond motifs is 1. The summed E-state index contributed by atoms with van der Waals surface area (Å²) in [6, 6.07) is 12.6. The molecular formula is C17H19NO4S. The molecule has 1 heterocycles. The monoisotopic (exact) mass is 333 g/mol. The van der Waals surface area contributed by atoms with Crippen LogP contribution < -0.4 is 14.2 Å². The summed E-state index contributed by atoms with van der Waals surface area (Å²) < 4.78 is 37.7. The van der Waals surface area contributed by atoms with Crippen LogP contribution in [-0.2, 0) is 22.9 Å². The van der Waals surface area contributed by atoms with Gasteiger partial charge in [0.05, 0.1) is 4.90 Å². The first kappa shape index (κ1) is 15.8. The highest BCUT2D eigenvalue weighted by Crippen LogP contribution is 2.32. The number of sulfonamides is 1. The molecule has 1 aliphatic rings. The Morgan fingerprint density at radius 3 is 2.43 bits per heavy atom. The molecule has 1 N–H and O–H groups in total. The Morgan fingerprint density at radius 2 is 1.70 bits per heavy atom. The molecule has 23 heavy (non-hydrogen) atoms. The Labute approximate surface area is 136 Å². The first-order chi connectivity index (χ1) is 11.1. The zero-order chi connectivity index (χ0) is 16.3. The summed E-state index contributed by atoms with van der Waals surface area (Å²) >= 11 is 0. The second-order valence-electron chi connectivity index (χ2n) is 5.33. The van der Waals surface area contributed by atoms with E-state index in [1.165, 1.54) is 0 Å². The van der Waals surface area contributed by atoms with Crippen molar-refractivity contribution in [2.45, 2.75) is 24.7 Å². The van der Waals surface area contributed by atoms with Gasteiger partial charge in [0, 0.05) is 6.54 Å². The second kappa shape index (κ2) is 6.60. The summed E-state index contributed by atoms with van der Waals surface area (Å²) in [7, 11) is -3.47. The number of benzene rings is 2. The molecule has 0 amide bonds. The van der Waals surface area contributed by atoms with Gasteiger partial charge in [-0.15, -0.1) is 0 Å². The predicted molar refractivity (Wildman–Crippen MR) is 87.3 cm³/mol. The van der Waals surface area contributed by atoms with Gasteiger partial charge in [-0.2, -0.15) is 0 Å². The van der Waals surface area contributed by atoms with Crippen molar-refractivity contribution in [3.63, 3.8) is 0 Å². The molecule has 2 aromatic carbocycles. The van der Waals surface area contributed by atoms with Crippen molar-refractivity contribution in [2.24, 2.45) is 0 Å². The standard InChI is InChI=1S/C17H19NO4S/c1-2-13-3-6-15(7-4-13)23(19,20)18-10-9-14-5-8-16-17(11-14)22-12-21-16/h3-8,11,18H,2,9-10,12H2,1H3. The van der Waals surface area contributed by atoms with Gasteiger partial charge in [0.15, 0.2) is 11.5 Å². The summed E-state index contributed by atoms with van der Waals surface area (Å²) in [5.74, 6) is 1.44. The molecule has 0 unspecified atom stereocenters. The van der Waals surface area contributed by atoms with Crippen LogP contribution in [0.4, 0.5) is 0 Å². The van der Waals surface area contributed by atoms with Gasteiger partial charge in [-0.05, 0) is 48.2 Å². The lowest BCUT2D eigenvalue weighted by molar-refractivity contribution is 0.174. The lowest BCUT2D eigenvalue weighted by atomic mass is 10.1. The van der Waals surface area contributed by atoms with E-state index in [0.717, 1.165) is 23.3 Å². The summed E-state index contributed by atoms with van der Waals surface area (Å²) in [6.45, 7) is 2.60. The molecule has 3 rings (SSSR count). The van der Waals surface area contributed by atoms with Crippen molar-refractivity contribution >= 4 is 10.0 Å². The number of rotatable bonds is 6. The molecule has 6 heteroatoms. The zero-order valence-corrected chi connectivity index (χ0v) is 13.7. The third-order valence-corrected chi connectivity index (χ3v) is 5.26. The highest BCUT2D eigenvalue weighted by molar-refractivity contribution is 7.89. The average molecular weight is 333 g/mol. The molecule has 5 nitrogen and oxygen atoms in total. The SMILES string of the molecule is CCc1ccc(S(=O)(=O)NCCc2ccc3c(c2)OCO3)cc1. The quantitative estimate of drug-likeness (QED) is 0.882. The molecule has 0 fully saturated rings. The van der Waals surface area contributed by atoms with Crippen molar-refractivity contribution < 1.29 is 17.9 Å². The molecule has 0 saturated carbocycles. The lowest BCUT2D eigenvalue weighted by Gasteiger charge is -2.08. The molecule has 0 aliphatic carbocycles. The van der Waals surface area contributed by atoms with Crippen LogP contribution in [0.3, 0.4) is 0 Å². The van der Waals surface area contributed by atoms with Gasteiger partial charge in [-0.1, -0.05) is 25.1 Å². The maximum Gasteiger partial charge on any atom is 0.240 e. The highest BCUT2D eigenvalue weighted by atomic mass is 32.2. The lowest BCUT2D eigenvalue weighted by Crippen LogP contribution is -2.26. The van der Waals surface area contributed by atoms with Gasteiger partial charge in [0.1, 0.15) is 0 Å². The smallest absolute Gasteiger partial charge is 0.240 e. The van der Waals surface area contributed by atoms with Gasteiger partial charge in [-0.3, -0.25) is 0 Å². The van der Waals surface area contributed by atoms with Crippen molar-refractivity contribution in [2.75, 3.05) is 13.3 Å². The summed E-state index contributed by atoms with van der Waals surface area (Å²) in [6.07, 6.45) is 1.47. The van der Waals surface area contributed by atoms with Crippen LogP contribution >= 0.6 is 0 Å². The van der Waals surface area contributed by atoms with Crippen molar-refractivity contribution in [1.82, 2.24) is 4.72 Å². The molecule has 0 radical (unpaired) electrons. The van der Waals surface area contributed by atoms with Crippen LogP contribution in [-0.4, -0.2) is 21.8 Å². The predicted octanol–water partition coefficient (Wildman–Crippen LogP) is 2.50. The topological polar surface area (TPSA) is 64.6 Å². The third kappa shape index (κ3) is 3.65. The van der Waals surface area contributed by atoms with E-state index >= 15 is 0 Å². The Hall–Kier alpha value is -2.05. The van der Waals surface area contributed by atoms with Crippen molar-refractivity contribution in [3.8, 4) is 11.5 Å². The number of hydrogen-bond acceptors (Lipinski definition) is 4. The number of nitrogens with one attached hydrogen (secondary N) is 1. The number of ether oxygens (including phenoxy) is 2. The Bertz CT molecular complexity index is 785. The molecule has 122 valence electrons. The minimum absolute atomic E-state index is 0.235. The van der Waals surface area contributed by atoms with E-state index in [0.29, 0.717) is 23.6 Å². The Kier molecular flexibility index (Phi) is 4.54. The van der Waals surface area contributed by atoms with E-state index in [1.54, 1.807) is 12.1 Å². The normalized spacial score (nSPS) is 13.3. The molecule has 2 aromatic rings. The van der Waals surface area contributed by atoms with Gasteiger partial charge < -0.3 is 9.47 Å². The van der Waals surface area contributed by atoms with E-state index in [1.807, 2.05) is 37.3 Å². The fraction of sp³-hybridized carbons (Fsp3) is 0.294. The largest absolute Gasteiger partial charge is 0.454 e. The van der Waals surface area contributed by atoms with Crippen LogP contribution in [0.1, 0.15) is 18.1 Å². The zero-order valence-electron chi connectivity index (χ0n) is 12.9. The summed E-state index contributed by atoms with van der Waals surface area (Å²) in [5.41, 5.74) is 2.11. The van der Waals surface area contributed by atoms with Crippen LogP contribution in [0.2, 0.25) is 0 Å². The molecule has 0 aromatic heterocycles. The van der Waals surface area contributed by atoms with Gasteiger partial charge in [0.25, 0.3) is 0 Å². The fourth-order valence-corrected chi connectivity index (χ4v) is 3.45. The fourth-order valence-electron chi connectivity index (χ4n) is 2.41. The molecular weight excluding hydrogens is 314 g/mol. The van der Waals surface area contributed by atoms with E-state index in [2.05, 4.69) is 4.72 Å². The summed E-state index contributed by atoms with van der Waals surface area (Å²) in [5, 5.41) is 0. The van der Waals surface area contributed by atoms with Crippen LogP contribution in [0, 0.1) is 0 Å². The first-order valence-electron chi connectivity index (χ1n) is 7.55. The van der Waals surface area contributed by atoms with E-state index in [9.17, 15) is 8.42 Å². The van der Waals surface area contributed by atoms with E-state index < -0.39 is 10.0 Å². The van der Waals surface area contributed by atoms with Gasteiger partial charge in [0.2, 0.25) is 16.8 Å². The van der Waals surface area contributed by atoms with Crippen LogP contribution in [0.5, 0.6) is 11.5 Å². The first-order valence-corrected chi connectivity index (χ1v) is 9.04. The highest BCUT2D eigenvalue weighted by Gasteiger charge is 2.15. The molecule has 0 bridgehead atoms. The van der Waals surface area contributed by atoms with Crippen LogP contribution in [0.15, 0.2) is 47.4 Å². The van der Waals surface area contributed by atoms with E-state index in [4.69, 9.17) is 9.47 Å². The maximum absolute atomic E-state index is 12.3. The van der Waals surface area contributed by atoms with Gasteiger partial charge in [-0.25, -0.2) is 13.1 Å². The Morgan fingerprint density at radius 1 is 1.00 bits per heavy atom. The molecule has 0 atom stereocenters. The van der Waals surface area contributed by atoms with Gasteiger partial charge >= 0.3 is 0 Å². The van der Waals surface area contributed by atoms with Crippen molar-refractivity contribution in [1.29, 1.82) is 0 Å². The molecule has 0 spiro atoms. The number of aryl methyl sites for hydroxylation is 1. The minimum Gasteiger partial charge on any atom is -0.454 e. The summed E-state index contributed by atoms with van der Waals surface area (Å²) in [4.78, 5) is 0.292. The minimum atomic E-state index is -3.47. The average Bonchev–Trinajstić information content (AvgIpc) is 3.02. The molecule has 0 saturated heterocycles. The van der Waals surface area contributed by atoms with Crippen LogP contribution in [0.25, 0.3) is 0 Å².